The van der Waals surface area contributed by atoms with Gasteiger partial charge in [-0.25, -0.2) is 15.0 Å². The zero-order valence-corrected chi connectivity index (χ0v) is 13.0. The highest BCUT2D eigenvalue weighted by molar-refractivity contribution is 6.07. The molecule has 8 nitrogen and oxygen atoms in total. The summed E-state index contributed by atoms with van der Waals surface area (Å²) in [7, 11) is 0. The number of benzene rings is 1. The Bertz CT molecular complexity index is 905. The van der Waals surface area contributed by atoms with Crippen molar-refractivity contribution in [2.75, 3.05) is 12.3 Å². The Hall–Kier alpha value is -3.29. The topological polar surface area (TPSA) is 113 Å². The largest absolute Gasteiger partial charge is 0.465 e. The number of anilines is 1. The minimum Gasteiger partial charge on any atom is -0.465 e. The van der Waals surface area contributed by atoms with Gasteiger partial charge in [0.25, 0.3) is 0 Å². The van der Waals surface area contributed by atoms with E-state index < -0.39 is 5.97 Å². The van der Waals surface area contributed by atoms with E-state index in [9.17, 15) is 9.59 Å². The maximum absolute atomic E-state index is 12.5. The standard InChI is InChI=1S/C16H15N5O3/c1-2-24-11(22)8-21-9-18-12-14(17)19-15(20-16(12)21)13(23)10-6-4-3-5-7-10/h3-7,9H,2,8H2,1H3,(H2,17,19,20). The van der Waals surface area contributed by atoms with E-state index >= 15 is 0 Å². The zero-order valence-electron chi connectivity index (χ0n) is 13.0. The quantitative estimate of drug-likeness (QED) is 0.554. The average Bonchev–Trinajstić information content (AvgIpc) is 2.98. The molecular weight excluding hydrogens is 310 g/mol. The zero-order chi connectivity index (χ0) is 17.1. The van der Waals surface area contributed by atoms with E-state index in [-0.39, 0.29) is 30.6 Å². The van der Waals surface area contributed by atoms with E-state index in [4.69, 9.17) is 10.5 Å². The van der Waals surface area contributed by atoms with Gasteiger partial charge in [0.05, 0.1) is 12.9 Å². The molecule has 0 fully saturated rings. The predicted molar refractivity (Wildman–Crippen MR) is 86.2 cm³/mol. The summed E-state index contributed by atoms with van der Waals surface area (Å²) in [5.41, 5.74) is 6.98. The molecule has 0 aliphatic rings. The van der Waals surface area contributed by atoms with E-state index in [1.165, 1.54) is 10.9 Å². The number of rotatable bonds is 5. The molecule has 0 amide bonds. The second-order valence-electron chi connectivity index (χ2n) is 4.98. The first kappa shape index (κ1) is 15.6. The van der Waals surface area contributed by atoms with Crippen LogP contribution in [-0.2, 0) is 16.1 Å². The predicted octanol–water partition coefficient (Wildman–Crippen LogP) is 1.20. The number of ether oxygens (including phenoxy) is 1. The van der Waals surface area contributed by atoms with Crippen LogP contribution in [0.15, 0.2) is 36.7 Å². The van der Waals surface area contributed by atoms with E-state index in [0.717, 1.165) is 0 Å². The molecule has 0 bridgehead atoms. The van der Waals surface area contributed by atoms with Crippen molar-refractivity contribution in [3.05, 3.63) is 48.0 Å². The van der Waals surface area contributed by atoms with Crippen LogP contribution in [0.25, 0.3) is 11.2 Å². The summed E-state index contributed by atoms with van der Waals surface area (Å²) in [5.74, 6) is -0.739. The van der Waals surface area contributed by atoms with Gasteiger partial charge in [0.15, 0.2) is 11.5 Å². The Balaban J connectivity index is 2.02. The number of imidazole rings is 1. The number of nitrogens with two attached hydrogens (primary N) is 1. The number of ketones is 1. The third-order valence-electron chi connectivity index (χ3n) is 3.33. The van der Waals surface area contributed by atoms with Gasteiger partial charge >= 0.3 is 5.97 Å². The Kier molecular flexibility index (Phi) is 4.19. The van der Waals surface area contributed by atoms with Crippen molar-refractivity contribution in [1.82, 2.24) is 19.5 Å². The normalized spacial score (nSPS) is 10.7. The minimum absolute atomic E-state index is 0.0446. The lowest BCUT2D eigenvalue weighted by atomic mass is 10.1. The molecule has 0 aliphatic heterocycles. The summed E-state index contributed by atoms with van der Waals surface area (Å²) in [4.78, 5) is 36.5. The molecule has 0 saturated heterocycles. The number of fused-ring (bicyclic) bond motifs is 1. The lowest BCUT2D eigenvalue weighted by Gasteiger charge is -2.05. The first-order chi connectivity index (χ1) is 11.6. The lowest BCUT2D eigenvalue weighted by molar-refractivity contribution is -0.143. The summed E-state index contributed by atoms with van der Waals surface area (Å²) in [5, 5.41) is 0. The van der Waals surface area contributed by atoms with Crippen LogP contribution in [0.3, 0.4) is 0 Å². The highest BCUT2D eigenvalue weighted by Gasteiger charge is 2.18. The number of hydrogen-bond acceptors (Lipinski definition) is 7. The Labute approximate surface area is 137 Å². The third-order valence-corrected chi connectivity index (χ3v) is 3.33. The minimum atomic E-state index is -0.426. The van der Waals surface area contributed by atoms with Gasteiger partial charge in [-0.2, -0.15) is 0 Å². The Morgan fingerprint density at radius 2 is 1.96 bits per heavy atom. The van der Waals surface area contributed by atoms with Gasteiger partial charge in [-0.1, -0.05) is 30.3 Å². The van der Waals surface area contributed by atoms with Crippen molar-refractivity contribution >= 4 is 28.7 Å². The molecule has 3 aromatic rings. The van der Waals surface area contributed by atoms with E-state index in [1.807, 2.05) is 6.07 Å². The van der Waals surface area contributed by atoms with Crippen molar-refractivity contribution in [2.24, 2.45) is 0 Å². The molecular formula is C16H15N5O3. The smallest absolute Gasteiger partial charge is 0.326 e. The lowest BCUT2D eigenvalue weighted by Crippen LogP contribution is -2.15. The monoisotopic (exact) mass is 325 g/mol. The van der Waals surface area contributed by atoms with Gasteiger partial charge < -0.3 is 15.0 Å². The molecule has 0 radical (unpaired) electrons. The number of nitrogen functional groups attached to an aromatic ring is 1. The van der Waals surface area contributed by atoms with Crippen LogP contribution in [0.2, 0.25) is 0 Å². The number of carbonyl (C=O) groups is 2. The second-order valence-corrected chi connectivity index (χ2v) is 4.98. The molecule has 0 spiro atoms. The molecule has 0 atom stereocenters. The van der Waals surface area contributed by atoms with Gasteiger partial charge in [-0.3, -0.25) is 9.59 Å². The fraction of sp³-hybridized carbons (Fsp3) is 0.188. The molecule has 0 saturated carbocycles. The SMILES string of the molecule is CCOC(=O)Cn1cnc2c(N)nc(C(=O)c3ccccc3)nc21. The fourth-order valence-corrected chi connectivity index (χ4v) is 2.25. The van der Waals surface area contributed by atoms with Crippen LogP contribution < -0.4 is 5.73 Å². The van der Waals surface area contributed by atoms with Gasteiger partial charge in [0.1, 0.15) is 12.1 Å². The molecule has 2 N–H and O–H groups in total. The van der Waals surface area contributed by atoms with E-state index in [0.29, 0.717) is 16.7 Å². The van der Waals surface area contributed by atoms with Crippen molar-refractivity contribution < 1.29 is 14.3 Å². The second kappa shape index (κ2) is 6.45. The number of carbonyl (C=O) groups excluding carboxylic acids is 2. The first-order valence-electron chi connectivity index (χ1n) is 7.34. The van der Waals surface area contributed by atoms with Crippen LogP contribution >= 0.6 is 0 Å². The van der Waals surface area contributed by atoms with Gasteiger partial charge in [0.2, 0.25) is 11.6 Å². The summed E-state index contributed by atoms with van der Waals surface area (Å²) >= 11 is 0. The maximum atomic E-state index is 12.5. The van der Waals surface area contributed by atoms with Crippen molar-refractivity contribution in [1.29, 1.82) is 0 Å². The highest BCUT2D eigenvalue weighted by Crippen LogP contribution is 2.18. The van der Waals surface area contributed by atoms with Crippen LogP contribution in [0.5, 0.6) is 0 Å². The van der Waals surface area contributed by atoms with Crippen LogP contribution in [0, 0.1) is 0 Å². The molecule has 8 heteroatoms. The summed E-state index contributed by atoms with van der Waals surface area (Å²) in [6.07, 6.45) is 1.42. The number of hydrogen-bond donors (Lipinski definition) is 1. The molecule has 2 aromatic heterocycles. The summed E-state index contributed by atoms with van der Waals surface area (Å²) < 4.78 is 6.39. The third kappa shape index (κ3) is 2.94. The molecule has 0 unspecified atom stereocenters. The number of nitrogens with zero attached hydrogens (tertiary/aromatic N) is 4. The summed E-state index contributed by atoms with van der Waals surface area (Å²) in [6.45, 7) is 1.93. The fourth-order valence-electron chi connectivity index (χ4n) is 2.25. The number of esters is 1. The van der Waals surface area contributed by atoms with Crippen molar-refractivity contribution in [2.45, 2.75) is 13.5 Å². The molecule has 0 aliphatic carbocycles. The van der Waals surface area contributed by atoms with E-state index in [1.54, 1.807) is 31.2 Å². The molecule has 24 heavy (non-hydrogen) atoms. The van der Waals surface area contributed by atoms with Gasteiger partial charge in [-0.05, 0) is 6.92 Å². The van der Waals surface area contributed by atoms with Crippen LogP contribution in [-0.4, -0.2) is 37.9 Å². The van der Waals surface area contributed by atoms with Crippen LogP contribution in [0.1, 0.15) is 23.1 Å². The van der Waals surface area contributed by atoms with Crippen molar-refractivity contribution in [3.8, 4) is 0 Å². The maximum Gasteiger partial charge on any atom is 0.326 e. The van der Waals surface area contributed by atoms with Gasteiger partial charge in [-0.15, -0.1) is 0 Å². The summed E-state index contributed by atoms with van der Waals surface area (Å²) in [6, 6.07) is 8.65. The Morgan fingerprint density at radius 1 is 1.21 bits per heavy atom. The number of aromatic nitrogens is 4. The van der Waals surface area contributed by atoms with Crippen LogP contribution in [0.4, 0.5) is 5.82 Å². The van der Waals surface area contributed by atoms with E-state index in [2.05, 4.69) is 15.0 Å². The average molecular weight is 325 g/mol. The molecule has 3 rings (SSSR count). The Morgan fingerprint density at radius 3 is 2.67 bits per heavy atom. The molecule has 2 heterocycles. The molecule has 1 aromatic carbocycles. The molecule has 122 valence electrons. The van der Waals surface area contributed by atoms with Crippen molar-refractivity contribution in [3.63, 3.8) is 0 Å². The first-order valence-corrected chi connectivity index (χ1v) is 7.34. The highest BCUT2D eigenvalue weighted by atomic mass is 16.5. The van der Waals surface area contributed by atoms with Gasteiger partial charge in [0, 0.05) is 5.56 Å².